The van der Waals surface area contributed by atoms with E-state index in [9.17, 15) is 9.59 Å². The third-order valence-corrected chi connectivity index (χ3v) is 5.85. The number of urea groups is 1. The van der Waals surface area contributed by atoms with E-state index in [1.807, 2.05) is 61.2 Å². The van der Waals surface area contributed by atoms with Crippen molar-refractivity contribution >= 4 is 29.0 Å². The Morgan fingerprint density at radius 1 is 0.871 bits per heavy atom. The molecule has 0 aromatic heterocycles. The van der Waals surface area contributed by atoms with E-state index in [0.717, 1.165) is 43.7 Å². The van der Waals surface area contributed by atoms with E-state index in [4.69, 9.17) is 0 Å². The van der Waals surface area contributed by atoms with E-state index in [0.29, 0.717) is 24.3 Å². The van der Waals surface area contributed by atoms with Crippen molar-refractivity contribution in [2.24, 2.45) is 0 Å². The van der Waals surface area contributed by atoms with E-state index in [1.54, 1.807) is 0 Å². The summed E-state index contributed by atoms with van der Waals surface area (Å²) in [5.74, 6) is 0.00443. The summed E-state index contributed by atoms with van der Waals surface area (Å²) in [6.07, 6.45) is 4.46. The van der Waals surface area contributed by atoms with E-state index in [-0.39, 0.29) is 11.9 Å². The first-order chi connectivity index (χ1) is 15.0. The molecule has 166 valence electrons. The highest BCUT2D eigenvalue weighted by molar-refractivity contribution is 6.04. The molecule has 6 heteroatoms. The summed E-state index contributed by atoms with van der Waals surface area (Å²) in [5.41, 5.74) is 4.17. The molecule has 0 bridgehead atoms. The van der Waals surface area contributed by atoms with Crippen LogP contribution in [0.5, 0.6) is 0 Å². The summed E-state index contributed by atoms with van der Waals surface area (Å²) in [6, 6.07) is 13.1. The quantitative estimate of drug-likeness (QED) is 0.631. The van der Waals surface area contributed by atoms with Crippen LogP contribution in [0.1, 0.15) is 56.0 Å². The molecule has 2 N–H and O–H groups in total. The Bertz CT molecular complexity index is 885. The maximum Gasteiger partial charge on any atom is 0.323 e. The Hall–Kier alpha value is -3.02. The molecule has 0 saturated carbocycles. The Morgan fingerprint density at radius 3 is 2.10 bits per heavy atom. The van der Waals surface area contributed by atoms with Crippen molar-refractivity contribution in [2.75, 3.05) is 41.7 Å². The van der Waals surface area contributed by atoms with Crippen LogP contribution >= 0.6 is 0 Å². The minimum Gasteiger partial charge on any atom is -0.371 e. The second-order valence-electron chi connectivity index (χ2n) is 7.89. The molecule has 0 spiro atoms. The zero-order valence-electron chi connectivity index (χ0n) is 18.9. The average Bonchev–Trinajstić information content (AvgIpc) is 2.80. The highest BCUT2D eigenvalue weighted by atomic mass is 16.2. The van der Waals surface area contributed by atoms with Crippen molar-refractivity contribution in [3.63, 3.8) is 0 Å². The fourth-order valence-electron chi connectivity index (χ4n) is 3.99. The van der Waals surface area contributed by atoms with Crippen LogP contribution in [0.2, 0.25) is 0 Å². The van der Waals surface area contributed by atoms with Gasteiger partial charge in [0.2, 0.25) is 0 Å². The predicted octanol–water partition coefficient (Wildman–Crippen LogP) is 5.37. The lowest BCUT2D eigenvalue weighted by atomic mass is 10.1. The zero-order valence-corrected chi connectivity index (χ0v) is 18.9. The van der Waals surface area contributed by atoms with Crippen molar-refractivity contribution in [1.82, 2.24) is 4.90 Å². The van der Waals surface area contributed by atoms with Crippen LogP contribution in [-0.2, 0) is 6.42 Å². The van der Waals surface area contributed by atoms with E-state index in [1.165, 1.54) is 12.0 Å². The van der Waals surface area contributed by atoms with Gasteiger partial charge in [-0.25, -0.2) is 4.79 Å². The average molecular weight is 423 g/mol. The molecule has 1 fully saturated rings. The number of nitrogens with zero attached hydrogens (tertiary/aromatic N) is 2. The molecule has 2 aromatic rings. The first-order valence-electron chi connectivity index (χ1n) is 11.4. The van der Waals surface area contributed by atoms with Crippen LogP contribution < -0.4 is 15.5 Å². The molecule has 2 aromatic carbocycles. The van der Waals surface area contributed by atoms with Gasteiger partial charge in [-0.05, 0) is 75.4 Å². The normalized spacial score (nSPS) is 13.6. The van der Waals surface area contributed by atoms with Gasteiger partial charge in [-0.15, -0.1) is 0 Å². The molecule has 31 heavy (non-hydrogen) atoms. The van der Waals surface area contributed by atoms with Crippen LogP contribution in [0, 0.1) is 0 Å². The topological polar surface area (TPSA) is 64.7 Å². The van der Waals surface area contributed by atoms with Crippen LogP contribution in [-0.4, -0.2) is 43.0 Å². The van der Waals surface area contributed by atoms with Crippen molar-refractivity contribution in [1.29, 1.82) is 0 Å². The second-order valence-corrected chi connectivity index (χ2v) is 7.89. The molecule has 0 unspecified atom stereocenters. The molecule has 0 atom stereocenters. The van der Waals surface area contributed by atoms with E-state index >= 15 is 0 Å². The first kappa shape index (κ1) is 22.7. The standard InChI is InChI=1S/C25H34N4O2/c1-4-19-10-12-20(13-11-19)26-25(31)27-21-14-15-23(29-16-8-7-9-17-29)22(18-21)24(30)28(5-2)6-3/h10-15,18H,4-9,16-17H2,1-3H3,(H2,26,27,31). The number of benzene rings is 2. The number of rotatable bonds is 7. The van der Waals surface area contributed by atoms with Gasteiger partial charge in [-0.3, -0.25) is 4.79 Å². The lowest BCUT2D eigenvalue weighted by molar-refractivity contribution is 0.0773. The minimum absolute atomic E-state index is 0.00443. The van der Waals surface area contributed by atoms with E-state index < -0.39 is 0 Å². The molecule has 3 amide bonds. The summed E-state index contributed by atoms with van der Waals surface area (Å²) < 4.78 is 0. The Labute approximate surface area is 185 Å². The molecular weight excluding hydrogens is 388 g/mol. The maximum atomic E-state index is 13.2. The van der Waals surface area contributed by atoms with Crippen LogP contribution in [0.25, 0.3) is 0 Å². The van der Waals surface area contributed by atoms with Gasteiger partial charge in [0.05, 0.1) is 5.56 Å². The minimum atomic E-state index is -0.323. The van der Waals surface area contributed by atoms with Crippen LogP contribution in [0.4, 0.5) is 21.9 Å². The maximum absolute atomic E-state index is 13.2. The molecule has 1 aliphatic heterocycles. The zero-order chi connectivity index (χ0) is 22.2. The van der Waals surface area contributed by atoms with Gasteiger partial charge in [0.1, 0.15) is 0 Å². The van der Waals surface area contributed by atoms with Crippen molar-refractivity contribution in [3.8, 4) is 0 Å². The van der Waals surface area contributed by atoms with Gasteiger partial charge in [-0.1, -0.05) is 19.1 Å². The van der Waals surface area contributed by atoms with Crippen molar-refractivity contribution < 1.29 is 9.59 Å². The molecule has 6 nitrogen and oxygen atoms in total. The van der Waals surface area contributed by atoms with Gasteiger partial charge >= 0.3 is 6.03 Å². The summed E-state index contributed by atoms with van der Waals surface area (Å²) in [5, 5.41) is 5.74. The molecule has 0 aliphatic carbocycles. The molecule has 1 aliphatic rings. The molecular formula is C25H34N4O2. The SMILES string of the molecule is CCc1ccc(NC(=O)Nc2ccc(N3CCCCC3)c(C(=O)N(CC)CC)c2)cc1. The van der Waals surface area contributed by atoms with Crippen LogP contribution in [0.15, 0.2) is 42.5 Å². The Morgan fingerprint density at radius 2 is 1.48 bits per heavy atom. The lowest BCUT2D eigenvalue weighted by Crippen LogP contribution is -2.35. The number of hydrogen-bond donors (Lipinski definition) is 2. The summed E-state index contributed by atoms with van der Waals surface area (Å²) >= 11 is 0. The third kappa shape index (κ3) is 5.78. The Kier molecular flexibility index (Phi) is 7.93. The highest BCUT2D eigenvalue weighted by Gasteiger charge is 2.22. The number of nitrogens with one attached hydrogen (secondary N) is 2. The number of amides is 3. The number of piperidine rings is 1. The van der Waals surface area contributed by atoms with Gasteiger partial charge in [0.25, 0.3) is 5.91 Å². The predicted molar refractivity (Wildman–Crippen MR) is 128 cm³/mol. The van der Waals surface area contributed by atoms with Crippen molar-refractivity contribution in [2.45, 2.75) is 46.5 Å². The molecule has 1 saturated heterocycles. The highest BCUT2D eigenvalue weighted by Crippen LogP contribution is 2.28. The second kappa shape index (κ2) is 10.8. The van der Waals surface area contributed by atoms with Gasteiger partial charge in [-0.2, -0.15) is 0 Å². The summed E-state index contributed by atoms with van der Waals surface area (Å²) in [6.45, 7) is 9.29. The number of anilines is 3. The number of carbonyl (C=O) groups is 2. The third-order valence-electron chi connectivity index (χ3n) is 5.85. The fourth-order valence-corrected chi connectivity index (χ4v) is 3.99. The number of carbonyl (C=O) groups excluding carboxylic acids is 2. The van der Waals surface area contributed by atoms with Gasteiger partial charge in [0, 0.05) is 43.2 Å². The molecule has 0 radical (unpaired) electrons. The van der Waals surface area contributed by atoms with Crippen LogP contribution in [0.3, 0.4) is 0 Å². The van der Waals surface area contributed by atoms with Crippen molar-refractivity contribution in [3.05, 3.63) is 53.6 Å². The van der Waals surface area contributed by atoms with E-state index in [2.05, 4.69) is 22.5 Å². The number of aryl methyl sites for hydroxylation is 1. The molecule has 3 rings (SSSR count). The first-order valence-corrected chi connectivity index (χ1v) is 11.4. The van der Waals surface area contributed by atoms with Gasteiger partial charge in [0.15, 0.2) is 0 Å². The largest absolute Gasteiger partial charge is 0.371 e. The Balaban J connectivity index is 1.80. The number of hydrogen-bond acceptors (Lipinski definition) is 3. The lowest BCUT2D eigenvalue weighted by Gasteiger charge is -2.31. The molecule has 1 heterocycles. The smallest absolute Gasteiger partial charge is 0.323 e. The van der Waals surface area contributed by atoms with Gasteiger partial charge < -0.3 is 20.4 Å². The monoisotopic (exact) mass is 422 g/mol. The fraction of sp³-hybridized carbons (Fsp3) is 0.440. The summed E-state index contributed by atoms with van der Waals surface area (Å²) in [7, 11) is 0. The summed E-state index contributed by atoms with van der Waals surface area (Å²) in [4.78, 5) is 29.9.